The number of nitrogens with zero attached hydrogens (tertiary/aromatic N) is 1. The van der Waals surface area contributed by atoms with Gasteiger partial charge < -0.3 is 5.32 Å². The van der Waals surface area contributed by atoms with Gasteiger partial charge in [0.2, 0.25) is 0 Å². The van der Waals surface area contributed by atoms with Crippen LogP contribution < -0.4 is 5.32 Å². The molecule has 0 saturated carbocycles. The second-order valence-electron chi connectivity index (χ2n) is 5.65. The van der Waals surface area contributed by atoms with Crippen molar-refractivity contribution < 1.29 is 4.79 Å². The molecule has 1 unspecified atom stereocenters. The molecule has 104 valence electrons. The van der Waals surface area contributed by atoms with E-state index in [2.05, 4.69) is 23.3 Å². The van der Waals surface area contributed by atoms with Crippen LogP contribution in [-0.2, 0) is 11.2 Å². The first-order valence-corrected chi connectivity index (χ1v) is 7.32. The monoisotopic (exact) mass is 268 g/mol. The van der Waals surface area contributed by atoms with Gasteiger partial charge in [-0.25, -0.2) is 0 Å². The first-order valence-electron chi connectivity index (χ1n) is 7.32. The van der Waals surface area contributed by atoms with Crippen LogP contribution in [0.1, 0.15) is 25.3 Å². The Morgan fingerprint density at radius 2 is 2.20 bits per heavy atom. The Morgan fingerprint density at radius 3 is 2.95 bits per heavy atom. The van der Waals surface area contributed by atoms with Crippen molar-refractivity contribution in [3.05, 3.63) is 42.1 Å². The van der Waals surface area contributed by atoms with E-state index in [1.54, 1.807) is 6.20 Å². The van der Waals surface area contributed by atoms with Crippen LogP contribution in [-0.4, -0.2) is 23.9 Å². The summed E-state index contributed by atoms with van der Waals surface area (Å²) in [4.78, 5) is 17.1. The highest BCUT2D eigenvalue weighted by Gasteiger charge is 2.38. The molecule has 3 rings (SSSR count). The number of rotatable bonds is 4. The first kappa shape index (κ1) is 13.3. The van der Waals surface area contributed by atoms with Crippen molar-refractivity contribution >= 4 is 16.7 Å². The number of hydrogen-bond donors (Lipinski definition) is 1. The maximum atomic E-state index is 12.8. The Bertz CT molecular complexity index is 624. The molecule has 1 aliphatic rings. The highest BCUT2D eigenvalue weighted by molar-refractivity contribution is 5.92. The number of ketones is 1. The molecule has 2 heterocycles. The van der Waals surface area contributed by atoms with Crippen molar-refractivity contribution in [1.82, 2.24) is 10.3 Å². The topological polar surface area (TPSA) is 42.0 Å². The maximum Gasteiger partial charge on any atom is 0.144 e. The summed E-state index contributed by atoms with van der Waals surface area (Å²) >= 11 is 0. The number of aromatic nitrogens is 1. The van der Waals surface area contributed by atoms with E-state index in [0.717, 1.165) is 42.4 Å². The molecule has 1 saturated heterocycles. The molecule has 20 heavy (non-hydrogen) atoms. The van der Waals surface area contributed by atoms with Crippen LogP contribution in [0.15, 0.2) is 36.5 Å². The fraction of sp³-hybridized carbons (Fsp3) is 0.412. The Labute approximate surface area is 119 Å². The van der Waals surface area contributed by atoms with Gasteiger partial charge in [0.25, 0.3) is 0 Å². The molecule has 0 aliphatic carbocycles. The second kappa shape index (κ2) is 5.33. The normalized spacial score (nSPS) is 22.2. The van der Waals surface area contributed by atoms with Gasteiger partial charge in [-0.1, -0.05) is 25.1 Å². The van der Waals surface area contributed by atoms with E-state index >= 15 is 0 Å². The number of carbonyl (C=O) groups is 1. The van der Waals surface area contributed by atoms with Crippen molar-refractivity contribution in [2.75, 3.05) is 13.1 Å². The lowest BCUT2D eigenvalue weighted by molar-refractivity contribution is -0.127. The Balaban J connectivity index is 1.91. The minimum atomic E-state index is -0.162. The third-order valence-corrected chi connectivity index (χ3v) is 4.60. The lowest BCUT2D eigenvalue weighted by Gasteiger charge is -2.25. The average Bonchev–Trinajstić information content (AvgIpc) is 2.98. The number of pyridine rings is 1. The number of nitrogens with one attached hydrogen (secondary N) is 1. The highest BCUT2D eigenvalue weighted by Crippen LogP contribution is 2.32. The third-order valence-electron chi connectivity index (χ3n) is 4.60. The molecule has 1 aliphatic heterocycles. The maximum absolute atomic E-state index is 12.8. The van der Waals surface area contributed by atoms with Crippen molar-refractivity contribution in [2.24, 2.45) is 5.41 Å². The van der Waals surface area contributed by atoms with Crippen LogP contribution in [0.4, 0.5) is 0 Å². The van der Waals surface area contributed by atoms with E-state index in [1.165, 1.54) is 0 Å². The van der Waals surface area contributed by atoms with E-state index in [9.17, 15) is 4.79 Å². The van der Waals surface area contributed by atoms with E-state index in [-0.39, 0.29) is 5.41 Å². The van der Waals surface area contributed by atoms with E-state index < -0.39 is 0 Å². The quantitative estimate of drug-likeness (QED) is 0.927. The van der Waals surface area contributed by atoms with E-state index in [0.29, 0.717) is 12.2 Å². The van der Waals surface area contributed by atoms with Gasteiger partial charge >= 0.3 is 0 Å². The van der Waals surface area contributed by atoms with E-state index in [1.807, 2.05) is 24.3 Å². The molecular weight excluding hydrogens is 248 g/mol. The molecule has 2 aromatic rings. The van der Waals surface area contributed by atoms with Gasteiger partial charge in [0.15, 0.2) is 0 Å². The molecule has 1 atom stereocenters. The third kappa shape index (κ3) is 2.22. The smallest absolute Gasteiger partial charge is 0.144 e. The number of benzene rings is 1. The summed E-state index contributed by atoms with van der Waals surface area (Å²) in [5.74, 6) is 0.362. The van der Waals surface area contributed by atoms with Gasteiger partial charge in [0, 0.05) is 30.0 Å². The van der Waals surface area contributed by atoms with Gasteiger partial charge in [-0.05, 0) is 37.1 Å². The largest absolute Gasteiger partial charge is 0.316 e. The fourth-order valence-corrected chi connectivity index (χ4v) is 3.15. The summed E-state index contributed by atoms with van der Waals surface area (Å²) in [5, 5.41) is 4.43. The first-order chi connectivity index (χ1) is 9.75. The van der Waals surface area contributed by atoms with Gasteiger partial charge in [0.1, 0.15) is 5.78 Å². The van der Waals surface area contributed by atoms with Crippen LogP contribution in [0, 0.1) is 5.41 Å². The number of para-hydroxylation sites is 1. The minimum Gasteiger partial charge on any atom is -0.316 e. The summed E-state index contributed by atoms with van der Waals surface area (Å²) in [5.41, 5.74) is 1.90. The van der Waals surface area contributed by atoms with Crippen LogP contribution in [0.25, 0.3) is 10.9 Å². The zero-order valence-corrected chi connectivity index (χ0v) is 11.9. The zero-order chi connectivity index (χ0) is 14.0. The molecule has 1 aromatic heterocycles. The van der Waals surface area contributed by atoms with Crippen LogP contribution in [0.5, 0.6) is 0 Å². The Hall–Kier alpha value is -1.74. The van der Waals surface area contributed by atoms with Crippen molar-refractivity contribution in [2.45, 2.75) is 26.2 Å². The minimum absolute atomic E-state index is 0.162. The summed E-state index contributed by atoms with van der Waals surface area (Å²) in [6.45, 7) is 3.90. The number of Topliss-reactive ketones (excluding diaryl/α,β-unsaturated/α-hetero) is 1. The molecule has 0 radical (unpaired) electrons. The lowest BCUT2D eigenvalue weighted by Crippen LogP contribution is -2.34. The number of carbonyl (C=O) groups excluding carboxylic acids is 1. The SMILES string of the molecule is CCC1(C(=O)Cc2ccnc3ccccc23)CCNC1. The van der Waals surface area contributed by atoms with Crippen LogP contribution in [0.3, 0.4) is 0 Å². The molecule has 1 aromatic carbocycles. The zero-order valence-electron chi connectivity index (χ0n) is 11.9. The molecule has 0 bridgehead atoms. The second-order valence-corrected chi connectivity index (χ2v) is 5.65. The molecule has 1 fully saturated rings. The Morgan fingerprint density at radius 1 is 1.35 bits per heavy atom. The molecule has 0 spiro atoms. The standard InChI is InChI=1S/C17H20N2O/c1-2-17(8-10-18-12-17)16(20)11-13-7-9-19-15-6-4-3-5-14(13)15/h3-7,9,18H,2,8,10-12H2,1H3. The van der Waals surface area contributed by atoms with Crippen molar-refractivity contribution in [1.29, 1.82) is 0 Å². The summed E-state index contributed by atoms with van der Waals surface area (Å²) < 4.78 is 0. The Kier molecular flexibility index (Phi) is 3.53. The van der Waals surface area contributed by atoms with E-state index in [4.69, 9.17) is 0 Å². The predicted molar refractivity (Wildman–Crippen MR) is 80.7 cm³/mol. The molecule has 0 amide bonds. The highest BCUT2D eigenvalue weighted by atomic mass is 16.1. The number of hydrogen-bond acceptors (Lipinski definition) is 3. The van der Waals surface area contributed by atoms with Crippen molar-refractivity contribution in [3.8, 4) is 0 Å². The lowest BCUT2D eigenvalue weighted by atomic mass is 9.77. The fourth-order valence-electron chi connectivity index (χ4n) is 3.15. The summed E-state index contributed by atoms with van der Waals surface area (Å²) in [6, 6.07) is 10.0. The predicted octanol–water partition coefficient (Wildman–Crippen LogP) is 2.74. The van der Waals surface area contributed by atoms with Crippen molar-refractivity contribution in [3.63, 3.8) is 0 Å². The van der Waals surface area contributed by atoms with Crippen LogP contribution in [0.2, 0.25) is 0 Å². The van der Waals surface area contributed by atoms with Crippen LogP contribution >= 0.6 is 0 Å². The molecule has 3 heteroatoms. The summed E-state index contributed by atoms with van der Waals surface area (Å²) in [7, 11) is 0. The van der Waals surface area contributed by atoms with Gasteiger partial charge in [-0.3, -0.25) is 9.78 Å². The average molecular weight is 268 g/mol. The van der Waals surface area contributed by atoms with Gasteiger partial charge in [0.05, 0.1) is 5.52 Å². The molecular formula is C17H20N2O. The number of fused-ring (bicyclic) bond motifs is 1. The van der Waals surface area contributed by atoms with Gasteiger partial charge in [-0.2, -0.15) is 0 Å². The molecule has 3 nitrogen and oxygen atoms in total. The van der Waals surface area contributed by atoms with Gasteiger partial charge in [-0.15, -0.1) is 0 Å². The summed E-state index contributed by atoms with van der Waals surface area (Å²) in [6.07, 6.45) is 4.20. The molecule has 1 N–H and O–H groups in total.